The van der Waals surface area contributed by atoms with Gasteiger partial charge in [0.1, 0.15) is 24.2 Å². The van der Waals surface area contributed by atoms with Gasteiger partial charge in [0, 0.05) is 31.3 Å². The third kappa shape index (κ3) is 11.4. The normalized spacial score (nSPS) is 23.0. The van der Waals surface area contributed by atoms with Crippen molar-refractivity contribution in [3.05, 3.63) is 106 Å². The van der Waals surface area contributed by atoms with E-state index in [9.17, 15) is 24.0 Å². The summed E-state index contributed by atoms with van der Waals surface area (Å²) in [6, 6.07) is 18.2. The van der Waals surface area contributed by atoms with Crippen LogP contribution in [0.2, 0.25) is 0 Å². The van der Waals surface area contributed by atoms with E-state index >= 15 is 4.79 Å². The van der Waals surface area contributed by atoms with Crippen LogP contribution in [0.25, 0.3) is 0 Å². The highest BCUT2D eigenvalue weighted by molar-refractivity contribution is 5.95. The second-order valence-corrected chi connectivity index (χ2v) is 22.4. The lowest BCUT2D eigenvalue weighted by atomic mass is 9.83. The zero-order chi connectivity index (χ0) is 49.9. The zero-order valence-electron chi connectivity index (χ0n) is 42.7. The van der Waals surface area contributed by atoms with Crippen LogP contribution in [0.4, 0.5) is 0 Å². The highest BCUT2D eigenvalue weighted by Gasteiger charge is 2.47. The number of rotatable bonds is 13. The molecule has 2 aliphatic heterocycles. The Morgan fingerprint density at radius 1 is 0.652 bits per heavy atom. The van der Waals surface area contributed by atoms with Crippen LogP contribution in [-0.2, 0) is 54.6 Å². The average molecular weight is 944 g/mol. The molecule has 9 atom stereocenters. The predicted molar refractivity (Wildman–Crippen MR) is 269 cm³/mol. The molecule has 1 fully saturated rings. The van der Waals surface area contributed by atoms with E-state index in [2.05, 4.69) is 56.9 Å². The molecule has 0 bridgehead atoms. The van der Waals surface area contributed by atoms with Gasteiger partial charge < -0.3 is 36.4 Å². The Hall–Kier alpha value is -5.56. The van der Waals surface area contributed by atoms with Crippen LogP contribution in [0, 0.1) is 16.7 Å². The van der Waals surface area contributed by atoms with Crippen molar-refractivity contribution in [2.24, 2.45) is 16.7 Å². The van der Waals surface area contributed by atoms with Gasteiger partial charge in [-0.05, 0) is 115 Å². The van der Waals surface area contributed by atoms with Gasteiger partial charge in [-0.2, -0.15) is 0 Å². The fourth-order valence-electron chi connectivity index (χ4n) is 10.7. The maximum absolute atomic E-state index is 15.1. The Morgan fingerprint density at radius 2 is 1.17 bits per heavy atom. The third-order valence-corrected chi connectivity index (χ3v) is 15.4. The van der Waals surface area contributed by atoms with Crippen LogP contribution >= 0.6 is 0 Å². The first-order chi connectivity index (χ1) is 32.7. The Morgan fingerprint density at radius 3 is 1.71 bits per heavy atom. The van der Waals surface area contributed by atoms with E-state index in [4.69, 9.17) is 0 Å². The molecule has 4 aliphatic rings. The van der Waals surface area contributed by atoms with Gasteiger partial charge in [-0.1, -0.05) is 122 Å². The molecule has 2 heterocycles. The van der Waals surface area contributed by atoms with Crippen molar-refractivity contribution in [3.63, 3.8) is 0 Å². The summed E-state index contributed by atoms with van der Waals surface area (Å²) in [5.41, 5.74) is 6.02. The summed E-state index contributed by atoms with van der Waals surface area (Å²) in [6.07, 6.45) is 6.61. The van der Waals surface area contributed by atoms with E-state index in [1.54, 1.807) is 23.8 Å². The number of benzene rings is 3. The summed E-state index contributed by atoms with van der Waals surface area (Å²) < 4.78 is 0. The van der Waals surface area contributed by atoms with Crippen molar-refractivity contribution in [2.45, 2.75) is 175 Å². The average Bonchev–Trinajstić information content (AvgIpc) is 3.79. The molecule has 3 aromatic carbocycles. The van der Waals surface area contributed by atoms with E-state index in [-0.39, 0.29) is 78.9 Å². The molecule has 2 aliphatic carbocycles. The third-order valence-electron chi connectivity index (χ3n) is 15.4. The van der Waals surface area contributed by atoms with Crippen molar-refractivity contribution in [1.29, 1.82) is 0 Å². The molecule has 1 saturated heterocycles. The highest BCUT2D eigenvalue weighted by atomic mass is 16.2. The molecular weight excluding hydrogens is 867 g/mol. The Labute approximate surface area is 410 Å². The molecule has 13 heteroatoms. The smallest absolute Gasteiger partial charge is 0.246 e. The number of nitrogens with zero attached hydrogens (tertiary/aromatic N) is 2. The minimum absolute atomic E-state index is 0.134. The van der Waals surface area contributed by atoms with E-state index in [0.717, 1.165) is 66.3 Å². The number of amides is 6. The van der Waals surface area contributed by atoms with Gasteiger partial charge in [-0.3, -0.25) is 28.8 Å². The number of hydrogen-bond donors (Lipinski definition) is 5. The van der Waals surface area contributed by atoms with Gasteiger partial charge in [0.25, 0.3) is 0 Å². The summed E-state index contributed by atoms with van der Waals surface area (Å²) in [6.45, 7) is 17.4. The largest absolute Gasteiger partial charge is 0.347 e. The lowest BCUT2D eigenvalue weighted by Gasteiger charge is -2.42. The van der Waals surface area contributed by atoms with E-state index in [0.29, 0.717) is 12.8 Å². The maximum atomic E-state index is 15.1. The lowest BCUT2D eigenvalue weighted by Crippen LogP contribution is -2.61. The van der Waals surface area contributed by atoms with Gasteiger partial charge >= 0.3 is 0 Å². The van der Waals surface area contributed by atoms with Gasteiger partial charge in [-0.15, -0.1) is 0 Å². The summed E-state index contributed by atoms with van der Waals surface area (Å²) >= 11 is 0. The molecule has 7 rings (SSSR count). The molecule has 372 valence electrons. The fourth-order valence-corrected chi connectivity index (χ4v) is 10.7. The SMILES string of the molecule is CC[C@@H](C)C(=O)N[C@H](C(=O)N1Cc2cc(C3C[C@@H](C(=O)NC4CCCc5ccccc54)N(C(=O)[C@@H](NC(=O)[C@H](C)NC)C(C)(C)C)C3)ccc2C[C@H]1C(=O)NC1CCCc2ccccc21)C(C)(C)C. The molecular formula is C56H77N7O6. The van der Waals surface area contributed by atoms with Crippen LogP contribution < -0.4 is 26.6 Å². The monoisotopic (exact) mass is 944 g/mol. The second kappa shape index (κ2) is 21.2. The number of carbonyl (C=O) groups is 6. The summed E-state index contributed by atoms with van der Waals surface area (Å²) in [7, 11) is 1.70. The predicted octanol–water partition coefficient (Wildman–Crippen LogP) is 6.73. The van der Waals surface area contributed by atoms with E-state index in [1.807, 2.05) is 91.8 Å². The van der Waals surface area contributed by atoms with Crippen molar-refractivity contribution in [2.75, 3.05) is 13.6 Å². The highest BCUT2D eigenvalue weighted by Crippen LogP contribution is 2.39. The summed E-state index contributed by atoms with van der Waals surface area (Å²) in [5, 5.41) is 15.7. The van der Waals surface area contributed by atoms with Crippen LogP contribution in [0.1, 0.15) is 158 Å². The molecule has 3 unspecified atom stereocenters. The summed E-state index contributed by atoms with van der Waals surface area (Å²) in [4.78, 5) is 89.6. The zero-order valence-corrected chi connectivity index (χ0v) is 42.7. The minimum Gasteiger partial charge on any atom is -0.347 e. The number of likely N-dealkylation sites (tertiary alicyclic amines) is 1. The van der Waals surface area contributed by atoms with Crippen molar-refractivity contribution < 1.29 is 28.8 Å². The van der Waals surface area contributed by atoms with Gasteiger partial charge in [0.15, 0.2) is 0 Å². The number of aryl methyl sites for hydroxylation is 2. The molecule has 13 nitrogen and oxygen atoms in total. The molecule has 0 spiro atoms. The first-order valence-corrected chi connectivity index (χ1v) is 25.5. The molecule has 69 heavy (non-hydrogen) atoms. The maximum Gasteiger partial charge on any atom is 0.246 e. The number of likely N-dealkylation sites (N-methyl/N-ethyl adjacent to an activating group) is 1. The number of carbonyl (C=O) groups excluding carboxylic acids is 6. The summed E-state index contributed by atoms with van der Waals surface area (Å²) in [5.74, 6) is -2.16. The second-order valence-electron chi connectivity index (χ2n) is 22.4. The van der Waals surface area contributed by atoms with Crippen molar-refractivity contribution in [1.82, 2.24) is 36.4 Å². The molecule has 3 aromatic rings. The van der Waals surface area contributed by atoms with Gasteiger partial charge in [0.2, 0.25) is 35.4 Å². The molecule has 0 aromatic heterocycles. The fraction of sp³-hybridized carbons (Fsp3) is 0.571. The number of nitrogens with one attached hydrogen (secondary N) is 5. The molecule has 0 radical (unpaired) electrons. The molecule has 6 amide bonds. The number of hydrogen-bond acceptors (Lipinski definition) is 7. The first-order valence-electron chi connectivity index (χ1n) is 25.5. The van der Waals surface area contributed by atoms with Crippen LogP contribution in [-0.4, -0.2) is 89.0 Å². The topological polar surface area (TPSA) is 169 Å². The Kier molecular flexibility index (Phi) is 15.8. The van der Waals surface area contributed by atoms with E-state index < -0.39 is 41.0 Å². The van der Waals surface area contributed by atoms with Crippen LogP contribution in [0.5, 0.6) is 0 Å². The quantitative estimate of drug-likeness (QED) is 0.127. The van der Waals surface area contributed by atoms with Gasteiger partial charge in [-0.25, -0.2) is 0 Å². The standard InChI is InChI=1S/C56H77N7O6/c1-11-33(2)49(64)60-47(55(4,5)6)53(68)62-31-39-28-37(26-27-38(39)29-45(62)51(66)58-43-24-16-20-35-18-12-14-22-41(35)43)40-30-46(52(67)59-44-25-17-21-36-19-13-15-23-42(36)44)63(32-40)54(69)48(56(7,8)9)61-50(65)34(3)57-10/h12-15,18-19,22-23,26-28,33-34,40,43-48,57H,11,16-17,20-21,24-25,29-32H2,1-10H3,(H,58,66)(H,59,67)(H,60,64)(H,61,65)/t33-,34+,40?,43?,44?,45+,46+,47-,48-/m1/s1. The van der Waals surface area contributed by atoms with Crippen LogP contribution in [0.15, 0.2) is 66.7 Å². The minimum atomic E-state index is -0.907. The molecule has 0 saturated carbocycles. The lowest BCUT2D eigenvalue weighted by molar-refractivity contribution is -0.147. The Bertz CT molecular complexity index is 2400. The Balaban J connectivity index is 1.22. The number of fused-ring (bicyclic) bond motifs is 3. The van der Waals surface area contributed by atoms with Crippen molar-refractivity contribution in [3.8, 4) is 0 Å². The van der Waals surface area contributed by atoms with Gasteiger partial charge in [0.05, 0.1) is 18.1 Å². The van der Waals surface area contributed by atoms with Crippen molar-refractivity contribution >= 4 is 35.4 Å². The van der Waals surface area contributed by atoms with Crippen LogP contribution in [0.3, 0.4) is 0 Å². The van der Waals surface area contributed by atoms with E-state index in [1.165, 1.54) is 11.1 Å². The first kappa shape index (κ1) is 51.3. The molecule has 5 N–H and O–H groups in total.